The number of hydrogen-bond donors (Lipinski definition) is 0. The fourth-order valence-corrected chi connectivity index (χ4v) is 14.7. The van der Waals surface area contributed by atoms with Gasteiger partial charge in [0.25, 0.3) is 0 Å². The second-order valence-corrected chi connectivity index (χ2v) is 21.5. The molecule has 0 bridgehead atoms. The summed E-state index contributed by atoms with van der Waals surface area (Å²) in [6.07, 6.45) is 0. The van der Waals surface area contributed by atoms with Gasteiger partial charge in [0.1, 0.15) is 0 Å². The predicted octanol–water partition coefficient (Wildman–Crippen LogP) is 18.5. The number of nitrogens with zero attached hydrogens (tertiary/aromatic N) is 4. The zero-order valence-corrected chi connectivity index (χ0v) is 39.6. The molecule has 0 aliphatic heterocycles. The minimum absolute atomic E-state index is 0.638. The first-order valence-corrected chi connectivity index (χ1v) is 25.9. The number of fused-ring (bicyclic) bond motifs is 15. The summed E-state index contributed by atoms with van der Waals surface area (Å²) >= 11 is 5.44. The molecule has 0 amide bonds. The fourth-order valence-electron chi connectivity index (χ4n) is 11.1. The molecule has 0 spiro atoms. The van der Waals surface area contributed by atoms with Crippen molar-refractivity contribution in [3.8, 4) is 39.9 Å². The molecule has 0 aliphatic rings. The smallest absolute Gasteiger partial charge is 0.165 e. The quantitative estimate of drug-likeness (QED) is 0.177. The molecule has 11 aromatic carbocycles. The summed E-state index contributed by atoms with van der Waals surface area (Å²) in [6.45, 7) is 0. The van der Waals surface area contributed by atoms with Crippen molar-refractivity contribution in [1.29, 1.82) is 0 Å². The van der Waals surface area contributed by atoms with E-state index >= 15 is 0 Å². The Balaban J connectivity index is 1.04. The number of benzene rings is 11. The van der Waals surface area contributed by atoms with Crippen molar-refractivity contribution in [3.63, 3.8) is 0 Å². The van der Waals surface area contributed by atoms with Gasteiger partial charge in [0.15, 0.2) is 17.5 Å². The van der Waals surface area contributed by atoms with Gasteiger partial charge in [-0.1, -0.05) is 133 Å². The van der Waals surface area contributed by atoms with Gasteiger partial charge in [0.2, 0.25) is 0 Å². The van der Waals surface area contributed by atoms with Gasteiger partial charge >= 0.3 is 0 Å². The van der Waals surface area contributed by atoms with E-state index in [0.29, 0.717) is 17.5 Å². The first-order valence-electron chi connectivity index (χ1n) is 23.5. The second-order valence-electron chi connectivity index (χ2n) is 18.3. The van der Waals surface area contributed by atoms with Crippen LogP contribution in [0, 0.1) is 0 Å². The molecule has 16 aromatic rings. The monoisotopic (exact) mass is 942 g/mol. The van der Waals surface area contributed by atoms with Crippen molar-refractivity contribution < 1.29 is 0 Å². The molecule has 0 unspecified atom stereocenters. The van der Waals surface area contributed by atoms with Crippen molar-refractivity contribution in [2.75, 3.05) is 0 Å². The van der Waals surface area contributed by atoms with Crippen molar-refractivity contribution in [3.05, 3.63) is 206 Å². The summed E-state index contributed by atoms with van der Waals surface area (Å²) in [7, 11) is 0. The van der Waals surface area contributed by atoms with E-state index in [9.17, 15) is 0 Å². The summed E-state index contributed by atoms with van der Waals surface area (Å²) in [5.74, 6) is 1.96. The third kappa shape index (κ3) is 5.65. The minimum atomic E-state index is 0.638. The Morgan fingerprint density at radius 3 is 1.29 bits per heavy atom. The number of rotatable bonds is 4. The molecule has 0 aliphatic carbocycles. The van der Waals surface area contributed by atoms with Crippen LogP contribution in [-0.2, 0) is 0 Å². The Hall–Kier alpha value is -8.33. The van der Waals surface area contributed by atoms with Crippen LogP contribution < -0.4 is 0 Å². The van der Waals surface area contributed by atoms with E-state index in [1.807, 2.05) is 11.3 Å². The summed E-state index contributed by atoms with van der Waals surface area (Å²) in [6, 6.07) is 75.6. The number of thiophene rings is 3. The summed E-state index contributed by atoms with van der Waals surface area (Å²) < 4.78 is 9.77. The highest BCUT2D eigenvalue weighted by Crippen LogP contribution is 2.47. The first kappa shape index (κ1) is 38.6. The zero-order chi connectivity index (χ0) is 45.6. The average molecular weight is 943 g/mol. The van der Waals surface area contributed by atoms with E-state index in [1.165, 1.54) is 104 Å². The van der Waals surface area contributed by atoms with Crippen molar-refractivity contribution in [1.82, 2.24) is 19.5 Å². The lowest BCUT2D eigenvalue weighted by atomic mass is 10.0. The Labute approximate surface area is 411 Å². The maximum absolute atomic E-state index is 5.56. The lowest BCUT2D eigenvalue weighted by molar-refractivity contribution is 1.08. The van der Waals surface area contributed by atoms with E-state index in [0.717, 1.165) is 33.4 Å². The highest BCUT2D eigenvalue weighted by molar-refractivity contribution is 7.27. The highest BCUT2D eigenvalue weighted by atomic mass is 32.1. The summed E-state index contributed by atoms with van der Waals surface area (Å²) in [5.41, 5.74) is 6.36. The molecule has 4 nitrogen and oxygen atoms in total. The van der Waals surface area contributed by atoms with Crippen LogP contribution in [0.5, 0.6) is 0 Å². The number of hydrogen-bond acceptors (Lipinski definition) is 6. The van der Waals surface area contributed by atoms with Crippen LogP contribution in [0.4, 0.5) is 0 Å². The Bertz CT molecular complexity index is 4690. The molecular formula is C63H34N4S3. The lowest BCUT2D eigenvalue weighted by Crippen LogP contribution is -2.02. The lowest BCUT2D eigenvalue weighted by Gasteiger charge is -2.14. The molecule has 0 fully saturated rings. The maximum atomic E-state index is 5.56. The molecular weight excluding hydrogens is 909 g/mol. The van der Waals surface area contributed by atoms with Gasteiger partial charge in [0.05, 0.1) is 16.7 Å². The molecule has 7 heteroatoms. The Morgan fingerprint density at radius 2 is 0.743 bits per heavy atom. The molecule has 324 valence electrons. The van der Waals surface area contributed by atoms with Crippen molar-refractivity contribution >= 4 is 149 Å². The third-order valence-corrected chi connectivity index (χ3v) is 17.9. The molecule has 16 rings (SSSR count). The van der Waals surface area contributed by atoms with Crippen LogP contribution in [0.2, 0.25) is 0 Å². The van der Waals surface area contributed by atoms with Gasteiger partial charge in [-0.2, -0.15) is 0 Å². The van der Waals surface area contributed by atoms with Gasteiger partial charge in [0, 0.05) is 88.0 Å². The molecule has 70 heavy (non-hydrogen) atoms. The standard InChI is InChI=1S/C63H34N4S3/c1-4-16-38-30-51-48(27-35(38)13-1)49-28-36-14-2-5-17-39(36)31-52(49)67(51)53-32-41(34-57-58(53)50-29-37-15-3-6-18-40(37)33-56(50)68-57)61-64-62(46-23-11-21-44-42-19-7-9-25-54(42)69-59(44)46)66-63(65-61)47-24-12-22-45-43-20-8-10-26-55(43)70-60(45)47/h1-34H. The summed E-state index contributed by atoms with van der Waals surface area (Å²) in [5, 5.41) is 17.1. The predicted molar refractivity (Wildman–Crippen MR) is 302 cm³/mol. The van der Waals surface area contributed by atoms with Crippen LogP contribution in [0.1, 0.15) is 0 Å². The van der Waals surface area contributed by atoms with E-state index in [-0.39, 0.29) is 0 Å². The van der Waals surface area contributed by atoms with Crippen LogP contribution in [0.25, 0.3) is 154 Å². The van der Waals surface area contributed by atoms with Crippen molar-refractivity contribution in [2.24, 2.45) is 0 Å². The normalized spacial score (nSPS) is 12.3. The molecule has 5 aromatic heterocycles. The van der Waals surface area contributed by atoms with E-state index in [1.54, 1.807) is 22.7 Å². The van der Waals surface area contributed by atoms with Crippen molar-refractivity contribution in [2.45, 2.75) is 0 Å². The molecule has 0 saturated carbocycles. The largest absolute Gasteiger partial charge is 0.308 e. The molecule has 0 saturated heterocycles. The molecule has 5 heterocycles. The average Bonchev–Trinajstić information content (AvgIpc) is 4.17. The van der Waals surface area contributed by atoms with Gasteiger partial charge in [-0.05, 0) is 105 Å². The van der Waals surface area contributed by atoms with E-state index in [4.69, 9.17) is 15.0 Å². The third-order valence-electron chi connectivity index (χ3n) is 14.3. The molecule has 0 radical (unpaired) electrons. The highest BCUT2D eigenvalue weighted by Gasteiger charge is 2.24. The van der Waals surface area contributed by atoms with E-state index in [2.05, 4.69) is 211 Å². The van der Waals surface area contributed by atoms with Gasteiger partial charge in [-0.15, -0.1) is 34.0 Å². The summed E-state index contributed by atoms with van der Waals surface area (Å²) in [4.78, 5) is 16.6. The molecule has 0 N–H and O–H groups in total. The minimum Gasteiger partial charge on any atom is -0.308 e. The zero-order valence-electron chi connectivity index (χ0n) is 37.1. The fraction of sp³-hybridized carbons (Fsp3) is 0. The van der Waals surface area contributed by atoms with Gasteiger partial charge < -0.3 is 4.57 Å². The van der Waals surface area contributed by atoms with Crippen LogP contribution >= 0.6 is 34.0 Å². The van der Waals surface area contributed by atoms with Crippen LogP contribution in [-0.4, -0.2) is 19.5 Å². The topological polar surface area (TPSA) is 43.6 Å². The Kier molecular flexibility index (Phi) is 8.05. The van der Waals surface area contributed by atoms with Crippen LogP contribution in [0.15, 0.2) is 206 Å². The first-order chi connectivity index (χ1) is 34.6. The molecule has 0 atom stereocenters. The van der Waals surface area contributed by atoms with Crippen LogP contribution in [0.3, 0.4) is 0 Å². The van der Waals surface area contributed by atoms with Gasteiger partial charge in [-0.3, -0.25) is 0 Å². The maximum Gasteiger partial charge on any atom is 0.165 e. The van der Waals surface area contributed by atoms with Gasteiger partial charge in [-0.25, -0.2) is 15.0 Å². The Morgan fingerprint density at radius 1 is 0.300 bits per heavy atom. The van der Waals surface area contributed by atoms with E-state index < -0.39 is 0 Å². The second kappa shape index (κ2) is 14.6. The SMILES string of the molecule is c1ccc2cc3c(cc2c1)sc1cc(-c2nc(-c4cccc5c4sc4ccccc45)nc(-c4cccc5c4sc4ccccc45)n2)cc(-n2c4cc5ccccc5cc4c4cc5ccccc5cc42)c13. The number of aromatic nitrogens is 4.